The minimum atomic E-state index is -0.154. The van der Waals surface area contributed by atoms with Crippen LogP contribution in [0.3, 0.4) is 0 Å². The first-order valence-corrected chi connectivity index (χ1v) is 9.09. The number of nitrogens with zero attached hydrogens (tertiary/aromatic N) is 1. The molecule has 1 unspecified atom stereocenters. The molecule has 0 aliphatic heterocycles. The minimum absolute atomic E-state index is 0.00994. The van der Waals surface area contributed by atoms with E-state index in [0.29, 0.717) is 0 Å². The second-order valence-electron chi connectivity index (χ2n) is 5.79. The maximum absolute atomic E-state index is 12.4. The van der Waals surface area contributed by atoms with Crippen LogP contribution >= 0.6 is 11.8 Å². The van der Waals surface area contributed by atoms with Crippen LogP contribution in [0.4, 0.5) is 5.69 Å². The number of rotatable bonds is 6. The molecule has 3 rings (SSSR count). The van der Waals surface area contributed by atoms with Gasteiger partial charge in [0.05, 0.1) is 5.25 Å². The van der Waals surface area contributed by atoms with E-state index in [1.54, 1.807) is 24.2 Å². The van der Waals surface area contributed by atoms with Crippen LogP contribution in [0.15, 0.2) is 84.0 Å². The lowest BCUT2D eigenvalue weighted by Gasteiger charge is -2.12. The zero-order chi connectivity index (χ0) is 17.5. The highest BCUT2D eigenvalue weighted by Gasteiger charge is 2.14. The summed E-state index contributed by atoms with van der Waals surface area (Å²) in [7, 11) is 0. The molecule has 0 bridgehead atoms. The van der Waals surface area contributed by atoms with Crippen molar-refractivity contribution in [3.63, 3.8) is 0 Å². The lowest BCUT2D eigenvalue weighted by Crippen LogP contribution is -2.22. The molecule has 1 aromatic heterocycles. The highest BCUT2D eigenvalue weighted by atomic mass is 32.2. The summed E-state index contributed by atoms with van der Waals surface area (Å²) in [5.41, 5.74) is 3.25. The van der Waals surface area contributed by atoms with Gasteiger partial charge < -0.3 is 5.32 Å². The first kappa shape index (κ1) is 17.2. The second kappa shape index (κ2) is 8.49. The zero-order valence-corrected chi connectivity index (χ0v) is 14.9. The quantitative estimate of drug-likeness (QED) is 0.651. The first-order valence-electron chi connectivity index (χ1n) is 8.21. The highest BCUT2D eigenvalue weighted by molar-refractivity contribution is 8.00. The van der Waals surface area contributed by atoms with Gasteiger partial charge >= 0.3 is 0 Å². The maximum atomic E-state index is 12.4. The van der Waals surface area contributed by atoms with Crippen LogP contribution in [-0.2, 0) is 11.2 Å². The molecule has 0 aliphatic rings. The second-order valence-corrected chi connectivity index (χ2v) is 7.21. The Hall–Kier alpha value is -2.59. The van der Waals surface area contributed by atoms with Crippen LogP contribution in [0.2, 0.25) is 0 Å². The SMILES string of the molecule is CC(Sc1ccccc1)C(=O)Nc1ccc(Cc2ccncc2)cc1. The summed E-state index contributed by atoms with van der Waals surface area (Å²) in [4.78, 5) is 17.5. The fourth-order valence-corrected chi connectivity index (χ4v) is 3.33. The van der Waals surface area contributed by atoms with Crippen molar-refractivity contribution in [2.75, 3.05) is 5.32 Å². The predicted octanol–water partition coefficient (Wildman–Crippen LogP) is 4.79. The smallest absolute Gasteiger partial charge is 0.237 e. The van der Waals surface area contributed by atoms with Crippen molar-refractivity contribution >= 4 is 23.4 Å². The molecule has 126 valence electrons. The molecule has 25 heavy (non-hydrogen) atoms. The third kappa shape index (κ3) is 5.19. The normalized spacial score (nSPS) is 11.7. The van der Waals surface area contributed by atoms with Gasteiger partial charge in [0.1, 0.15) is 0 Å². The van der Waals surface area contributed by atoms with E-state index in [1.807, 2.05) is 73.7 Å². The number of aromatic nitrogens is 1. The summed E-state index contributed by atoms with van der Waals surface area (Å²) in [6.45, 7) is 1.92. The van der Waals surface area contributed by atoms with Crippen molar-refractivity contribution in [3.8, 4) is 0 Å². The van der Waals surface area contributed by atoms with Crippen molar-refractivity contribution in [2.24, 2.45) is 0 Å². The molecule has 0 aliphatic carbocycles. The fraction of sp³-hybridized carbons (Fsp3) is 0.143. The monoisotopic (exact) mass is 348 g/mol. The highest BCUT2D eigenvalue weighted by Crippen LogP contribution is 2.24. The Balaban J connectivity index is 1.56. The summed E-state index contributed by atoms with van der Waals surface area (Å²) >= 11 is 1.56. The van der Waals surface area contributed by atoms with E-state index in [2.05, 4.69) is 10.3 Å². The number of pyridine rings is 1. The third-order valence-corrected chi connectivity index (χ3v) is 4.92. The molecule has 0 saturated carbocycles. The summed E-state index contributed by atoms with van der Waals surface area (Å²) in [6.07, 6.45) is 4.46. The van der Waals surface area contributed by atoms with Crippen LogP contribution < -0.4 is 5.32 Å². The largest absolute Gasteiger partial charge is 0.325 e. The average molecular weight is 348 g/mol. The number of hydrogen-bond donors (Lipinski definition) is 1. The van der Waals surface area contributed by atoms with Gasteiger partial charge in [-0.05, 0) is 60.9 Å². The van der Waals surface area contributed by atoms with Crippen molar-refractivity contribution in [3.05, 3.63) is 90.3 Å². The van der Waals surface area contributed by atoms with Crippen molar-refractivity contribution in [2.45, 2.75) is 23.5 Å². The van der Waals surface area contributed by atoms with Crippen LogP contribution in [0.25, 0.3) is 0 Å². The molecule has 3 aromatic rings. The Morgan fingerprint density at radius 1 is 0.960 bits per heavy atom. The topological polar surface area (TPSA) is 42.0 Å². The van der Waals surface area contributed by atoms with Gasteiger partial charge in [-0.15, -0.1) is 11.8 Å². The number of amides is 1. The Kier molecular flexibility index (Phi) is 5.86. The molecule has 2 aromatic carbocycles. The van der Waals surface area contributed by atoms with E-state index in [0.717, 1.165) is 17.0 Å². The number of carbonyl (C=O) groups excluding carboxylic acids is 1. The van der Waals surface area contributed by atoms with Crippen LogP contribution in [-0.4, -0.2) is 16.1 Å². The average Bonchev–Trinajstić information content (AvgIpc) is 2.65. The molecule has 1 amide bonds. The van der Waals surface area contributed by atoms with Crippen LogP contribution in [0.5, 0.6) is 0 Å². The summed E-state index contributed by atoms with van der Waals surface area (Å²) in [6, 6.07) is 22.0. The predicted molar refractivity (Wildman–Crippen MR) is 104 cm³/mol. The van der Waals surface area contributed by atoms with E-state index >= 15 is 0 Å². The number of thioether (sulfide) groups is 1. The van der Waals surface area contributed by atoms with Gasteiger partial charge in [-0.25, -0.2) is 0 Å². The van der Waals surface area contributed by atoms with E-state index in [9.17, 15) is 4.79 Å². The summed E-state index contributed by atoms with van der Waals surface area (Å²) in [5.74, 6) is 0.00994. The number of anilines is 1. The fourth-order valence-electron chi connectivity index (χ4n) is 2.44. The Bertz CT molecular complexity index is 804. The first-order chi connectivity index (χ1) is 12.2. The molecule has 0 fully saturated rings. The molecule has 3 nitrogen and oxygen atoms in total. The molecule has 1 heterocycles. The van der Waals surface area contributed by atoms with Crippen LogP contribution in [0, 0.1) is 0 Å². The Morgan fingerprint density at radius 2 is 1.60 bits per heavy atom. The minimum Gasteiger partial charge on any atom is -0.325 e. The molecule has 4 heteroatoms. The molecular weight excluding hydrogens is 328 g/mol. The van der Waals surface area contributed by atoms with Crippen molar-refractivity contribution in [1.82, 2.24) is 4.98 Å². The third-order valence-electron chi connectivity index (χ3n) is 3.80. The van der Waals surface area contributed by atoms with Gasteiger partial charge in [-0.1, -0.05) is 30.3 Å². The molecule has 1 atom stereocenters. The van der Waals surface area contributed by atoms with E-state index < -0.39 is 0 Å². The van der Waals surface area contributed by atoms with Gasteiger partial charge in [0, 0.05) is 23.0 Å². The lowest BCUT2D eigenvalue weighted by molar-refractivity contribution is -0.115. The van der Waals surface area contributed by atoms with E-state index in [4.69, 9.17) is 0 Å². The number of hydrogen-bond acceptors (Lipinski definition) is 3. The Morgan fingerprint density at radius 3 is 2.28 bits per heavy atom. The molecule has 1 N–H and O–H groups in total. The standard InChI is InChI=1S/C21H20N2OS/c1-16(25-20-5-3-2-4-6-20)21(24)23-19-9-7-17(8-10-19)15-18-11-13-22-14-12-18/h2-14,16H,15H2,1H3,(H,23,24). The zero-order valence-electron chi connectivity index (χ0n) is 14.1. The molecule has 0 radical (unpaired) electrons. The lowest BCUT2D eigenvalue weighted by atomic mass is 10.1. The van der Waals surface area contributed by atoms with Crippen LogP contribution in [0.1, 0.15) is 18.1 Å². The molecular formula is C21H20N2OS. The van der Waals surface area contributed by atoms with Crippen molar-refractivity contribution < 1.29 is 4.79 Å². The van der Waals surface area contributed by atoms with Gasteiger partial charge in [-0.3, -0.25) is 9.78 Å². The van der Waals surface area contributed by atoms with E-state index in [-0.39, 0.29) is 11.2 Å². The number of carbonyl (C=O) groups is 1. The summed E-state index contributed by atoms with van der Waals surface area (Å²) in [5, 5.41) is 2.83. The molecule has 0 spiro atoms. The summed E-state index contributed by atoms with van der Waals surface area (Å²) < 4.78 is 0. The number of benzene rings is 2. The van der Waals surface area contributed by atoms with Gasteiger partial charge in [0.2, 0.25) is 5.91 Å². The van der Waals surface area contributed by atoms with Crippen molar-refractivity contribution in [1.29, 1.82) is 0 Å². The Labute approximate surface area is 152 Å². The van der Waals surface area contributed by atoms with Gasteiger partial charge in [0.15, 0.2) is 0 Å². The number of nitrogens with one attached hydrogen (secondary N) is 1. The van der Waals surface area contributed by atoms with Gasteiger partial charge in [0.25, 0.3) is 0 Å². The van der Waals surface area contributed by atoms with Gasteiger partial charge in [-0.2, -0.15) is 0 Å². The molecule has 0 saturated heterocycles. The van der Waals surface area contributed by atoms with E-state index in [1.165, 1.54) is 11.1 Å². The maximum Gasteiger partial charge on any atom is 0.237 e.